The van der Waals surface area contributed by atoms with Crippen LogP contribution in [0.1, 0.15) is 6.42 Å². The van der Waals surface area contributed by atoms with Crippen molar-refractivity contribution in [2.45, 2.75) is 11.7 Å². The third-order valence-corrected chi connectivity index (χ3v) is 4.58. The van der Waals surface area contributed by atoms with Gasteiger partial charge >= 0.3 is 0 Å². The Labute approximate surface area is 107 Å². The molecule has 1 fully saturated rings. The van der Waals surface area contributed by atoms with E-state index in [1.807, 2.05) is 0 Å². The summed E-state index contributed by atoms with van der Waals surface area (Å²) in [6, 6.07) is 3.36. The van der Waals surface area contributed by atoms with Crippen molar-refractivity contribution in [3.63, 3.8) is 0 Å². The van der Waals surface area contributed by atoms with Crippen LogP contribution in [0.25, 0.3) is 0 Å². The van der Waals surface area contributed by atoms with Crippen LogP contribution in [0.15, 0.2) is 18.2 Å². The first kappa shape index (κ1) is 13.2. The second-order valence-corrected chi connectivity index (χ2v) is 6.79. The normalized spacial score (nSPS) is 20.5. The smallest absolute Gasteiger partial charge is 0.237 e. The fourth-order valence-corrected chi connectivity index (χ4v) is 2.82. The standard InChI is InChI=1S/C10H8ClF2NO3S/c11-18(16,17)6-4-9(15)14(5-6)8-3-1-2-7(12)10(8)13/h1-3,6H,4-5H2. The molecule has 0 N–H and O–H groups in total. The van der Waals surface area contributed by atoms with Crippen molar-refractivity contribution in [3.05, 3.63) is 29.8 Å². The van der Waals surface area contributed by atoms with E-state index in [4.69, 9.17) is 10.7 Å². The molecule has 1 aliphatic rings. The molecule has 1 saturated heterocycles. The molecule has 1 aliphatic heterocycles. The van der Waals surface area contributed by atoms with E-state index in [2.05, 4.69) is 0 Å². The van der Waals surface area contributed by atoms with Gasteiger partial charge in [0, 0.05) is 23.6 Å². The van der Waals surface area contributed by atoms with Gasteiger partial charge < -0.3 is 4.90 Å². The zero-order chi connectivity index (χ0) is 13.5. The molecule has 2 rings (SSSR count). The third-order valence-electron chi connectivity index (χ3n) is 2.71. The zero-order valence-electron chi connectivity index (χ0n) is 8.94. The number of carbonyl (C=O) groups is 1. The molecule has 0 aromatic heterocycles. The lowest BCUT2D eigenvalue weighted by Gasteiger charge is -2.16. The van der Waals surface area contributed by atoms with E-state index in [9.17, 15) is 22.0 Å². The summed E-state index contributed by atoms with van der Waals surface area (Å²) in [5.74, 6) is -2.88. The topological polar surface area (TPSA) is 54.5 Å². The molecular formula is C10H8ClF2NO3S. The first-order chi connectivity index (χ1) is 8.30. The first-order valence-electron chi connectivity index (χ1n) is 4.98. The van der Waals surface area contributed by atoms with E-state index in [0.717, 1.165) is 11.0 Å². The predicted molar refractivity (Wildman–Crippen MR) is 61.9 cm³/mol. The highest BCUT2D eigenvalue weighted by atomic mass is 35.7. The fourth-order valence-electron chi connectivity index (χ4n) is 1.80. The van der Waals surface area contributed by atoms with E-state index in [1.165, 1.54) is 12.1 Å². The zero-order valence-corrected chi connectivity index (χ0v) is 10.5. The van der Waals surface area contributed by atoms with Gasteiger partial charge in [-0.3, -0.25) is 4.79 Å². The van der Waals surface area contributed by atoms with Gasteiger partial charge in [-0.2, -0.15) is 0 Å². The van der Waals surface area contributed by atoms with Crippen molar-refractivity contribution in [1.29, 1.82) is 0 Å². The molecule has 1 aromatic rings. The lowest BCUT2D eigenvalue weighted by Crippen LogP contribution is -2.27. The molecule has 4 nitrogen and oxygen atoms in total. The Kier molecular flexibility index (Phi) is 3.29. The Hall–Kier alpha value is -1.21. The largest absolute Gasteiger partial charge is 0.308 e. The quantitative estimate of drug-likeness (QED) is 0.780. The summed E-state index contributed by atoms with van der Waals surface area (Å²) in [7, 11) is 1.25. The lowest BCUT2D eigenvalue weighted by atomic mass is 10.2. The van der Waals surface area contributed by atoms with Crippen molar-refractivity contribution in [1.82, 2.24) is 0 Å². The molecule has 1 aromatic carbocycles. The molecule has 8 heteroatoms. The SMILES string of the molecule is O=C1CC(S(=O)(=O)Cl)CN1c1cccc(F)c1F. The minimum atomic E-state index is -3.91. The number of anilines is 1. The Morgan fingerprint density at radius 3 is 2.56 bits per heavy atom. The maximum Gasteiger partial charge on any atom is 0.237 e. The molecule has 18 heavy (non-hydrogen) atoms. The highest BCUT2D eigenvalue weighted by Gasteiger charge is 2.39. The summed E-state index contributed by atoms with van der Waals surface area (Å²) in [5.41, 5.74) is -0.275. The van der Waals surface area contributed by atoms with E-state index in [1.54, 1.807) is 0 Å². The van der Waals surface area contributed by atoms with Crippen molar-refractivity contribution in [2.24, 2.45) is 0 Å². The van der Waals surface area contributed by atoms with Crippen LogP contribution in [0.4, 0.5) is 14.5 Å². The summed E-state index contributed by atoms with van der Waals surface area (Å²) in [4.78, 5) is 12.5. The number of rotatable bonds is 2. The Morgan fingerprint density at radius 1 is 1.33 bits per heavy atom. The predicted octanol–water partition coefficient (Wildman–Crippen LogP) is 1.64. The van der Waals surface area contributed by atoms with Gasteiger partial charge in [0.05, 0.1) is 5.69 Å². The van der Waals surface area contributed by atoms with Crippen LogP contribution in [0, 0.1) is 11.6 Å². The highest BCUT2D eigenvalue weighted by Crippen LogP contribution is 2.29. The molecule has 0 spiro atoms. The van der Waals surface area contributed by atoms with Crippen molar-refractivity contribution >= 4 is 31.3 Å². The summed E-state index contributed by atoms with van der Waals surface area (Å²) >= 11 is 0. The van der Waals surface area contributed by atoms with Crippen LogP contribution in [-0.4, -0.2) is 26.1 Å². The number of nitrogens with zero attached hydrogens (tertiary/aromatic N) is 1. The molecule has 1 amide bonds. The molecule has 0 bridgehead atoms. The number of benzene rings is 1. The second kappa shape index (κ2) is 4.47. The van der Waals surface area contributed by atoms with Gasteiger partial charge in [-0.15, -0.1) is 0 Å². The molecule has 1 unspecified atom stereocenters. The second-order valence-electron chi connectivity index (χ2n) is 3.88. The summed E-state index contributed by atoms with van der Waals surface area (Å²) < 4.78 is 48.8. The van der Waals surface area contributed by atoms with Gasteiger partial charge in [-0.1, -0.05) is 6.07 Å². The molecule has 98 valence electrons. The van der Waals surface area contributed by atoms with Gasteiger partial charge in [0.15, 0.2) is 11.6 Å². The molecular weight excluding hydrogens is 288 g/mol. The lowest BCUT2D eigenvalue weighted by molar-refractivity contribution is -0.117. The monoisotopic (exact) mass is 295 g/mol. The van der Waals surface area contributed by atoms with Crippen LogP contribution < -0.4 is 4.90 Å². The maximum absolute atomic E-state index is 13.5. The summed E-state index contributed by atoms with van der Waals surface area (Å²) in [6.07, 6.45) is -0.332. The number of hydrogen-bond donors (Lipinski definition) is 0. The van der Waals surface area contributed by atoms with Crippen molar-refractivity contribution in [2.75, 3.05) is 11.4 Å². The molecule has 1 heterocycles. The molecule has 0 radical (unpaired) electrons. The Bertz CT molecular complexity index is 605. The highest BCUT2D eigenvalue weighted by molar-refractivity contribution is 8.14. The molecule has 0 saturated carbocycles. The first-order valence-corrected chi connectivity index (χ1v) is 7.36. The summed E-state index contributed by atoms with van der Waals surface area (Å²) in [5, 5.41) is -1.10. The van der Waals surface area contributed by atoms with Crippen LogP contribution in [0.2, 0.25) is 0 Å². The van der Waals surface area contributed by atoms with E-state index in [-0.39, 0.29) is 18.7 Å². The van der Waals surface area contributed by atoms with Crippen LogP contribution in [0.3, 0.4) is 0 Å². The number of halogens is 3. The number of amides is 1. The van der Waals surface area contributed by atoms with Gasteiger partial charge in [-0.25, -0.2) is 17.2 Å². The summed E-state index contributed by atoms with van der Waals surface area (Å²) in [6.45, 7) is -0.273. The minimum absolute atomic E-state index is 0.273. The molecule has 0 aliphatic carbocycles. The Balaban J connectivity index is 2.36. The van der Waals surface area contributed by atoms with Crippen molar-refractivity contribution in [3.8, 4) is 0 Å². The Morgan fingerprint density at radius 2 is 2.00 bits per heavy atom. The van der Waals surface area contributed by atoms with Crippen LogP contribution in [0.5, 0.6) is 0 Å². The average molecular weight is 296 g/mol. The van der Waals surface area contributed by atoms with Gasteiger partial charge in [0.25, 0.3) is 0 Å². The van der Waals surface area contributed by atoms with E-state index >= 15 is 0 Å². The number of hydrogen-bond acceptors (Lipinski definition) is 3. The van der Waals surface area contributed by atoms with Gasteiger partial charge in [0.1, 0.15) is 5.25 Å². The fraction of sp³-hybridized carbons (Fsp3) is 0.300. The third kappa shape index (κ3) is 2.32. The van der Waals surface area contributed by atoms with E-state index in [0.29, 0.717) is 0 Å². The average Bonchev–Trinajstić information content (AvgIpc) is 2.64. The van der Waals surface area contributed by atoms with Gasteiger partial charge in [-0.05, 0) is 12.1 Å². The van der Waals surface area contributed by atoms with E-state index < -0.39 is 31.8 Å². The van der Waals surface area contributed by atoms with Crippen molar-refractivity contribution < 1.29 is 22.0 Å². The number of carbonyl (C=O) groups excluding carboxylic acids is 1. The van der Waals surface area contributed by atoms with Gasteiger partial charge in [0.2, 0.25) is 15.0 Å². The molecule has 1 atom stereocenters. The van der Waals surface area contributed by atoms with Crippen LogP contribution >= 0.6 is 10.7 Å². The minimum Gasteiger partial charge on any atom is -0.308 e. The van der Waals surface area contributed by atoms with Crippen LogP contribution in [-0.2, 0) is 13.8 Å². The maximum atomic E-state index is 13.5.